The fraction of sp³-hybridized carbons (Fsp3) is 0.0714. The van der Waals surface area contributed by atoms with Crippen molar-refractivity contribution in [3.8, 4) is 11.1 Å². The van der Waals surface area contributed by atoms with Crippen LogP contribution < -0.4 is 16.8 Å². The number of amides is 1. The molecule has 1 amide bonds. The fourth-order valence-corrected chi connectivity index (χ4v) is 2.30. The van der Waals surface area contributed by atoms with E-state index in [0.29, 0.717) is 17.8 Å². The molecule has 1 aliphatic rings. The minimum absolute atomic E-state index is 0.0186. The van der Waals surface area contributed by atoms with Crippen molar-refractivity contribution < 1.29 is 4.79 Å². The maximum atomic E-state index is 11.4. The molecule has 1 heterocycles. The Morgan fingerprint density at radius 1 is 1.00 bits per heavy atom. The summed E-state index contributed by atoms with van der Waals surface area (Å²) in [5.74, 6) is -0.0186. The number of nitrogens with two attached hydrogens (primary N) is 2. The smallest absolute Gasteiger partial charge is 0.228 e. The van der Waals surface area contributed by atoms with Crippen LogP contribution in [0, 0.1) is 0 Å². The standard InChI is InChI=1S/C14H13N3O/c15-11-4-2-1-3-8(11)9-5-6-12-10(14(9)16)7-13(18)17-12/h1-6H,7,15-16H2,(H,17,18). The molecule has 0 saturated heterocycles. The number of nitrogens with one attached hydrogen (secondary N) is 1. The Morgan fingerprint density at radius 2 is 1.78 bits per heavy atom. The molecule has 0 aromatic heterocycles. The van der Waals surface area contributed by atoms with Crippen molar-refractivity contribution in [2.24, 2.45) is 0 Å². The molecular formula is C14H13N3O. The molecule has 90 valence electrons. The minimum Gasteiger partial charge on any atom is -0.398 e. The van der Waals surface area contributed by atoms with Crippen molar-refractivity contribution in [1.29, 1.82) is 0 Å². The lowest BCUT2D eigenvalue weighted by atomic mass is 9.97. The van der Waals surface area contributed by atoms with E-state index >= 15 is 0 Å². The number of benzene rings is 2. The molecule has 0 saturated carbocycles. The van der Waals surface area contributed by atoms with Crippen molar-refractivity contribution in [2.75, 3.05) is 16.8 Å². The third kappa shape index (κ3) is 1.50. The first kappa shape index (κ1) is 10.7. The molecular weight excluding hydrogens is 226 g/mol. The summed E-state index contributed by atoms with van der Waals surface area (Å²) in [5.41, 5.74) is 16.9. The van der Waals surface area contributed by atoms with Crippen LogP contribution in [0.1, 0.15) is 5.56 Å². The van der Waals surface area contributed by atoms with Crippen LogP contribution in [0.15, 0.2) is 36.4 Å². The van der Waals surface area contributed by atoms with E-state index in [9.17, 15) is 4.79 Å². The molecule has 3 rings (SSSR count). The lowest BCUT2D eigenvalue weighted by Crippen LogP contribution is -2.03. The van der Waals surface area contributed by atoms with Gasteiger partial charge in [0.2, 0.25) is 5.91 Å². The second-order valence-electron chi connectivity index (χ2n) is 4.37. The second-order valence-corrected chi connectivity index (χ2v) is 4.37. The summed E-state index contributed by atoms with van der Waals surface area (Å²) in [4.78, 5) is 11.4. The molecule has 0 fully saturated rings. The summed E-state index contributed by atoms with van der Waals surface area (Å²) in [7, 11) is 0. The number of anilines is 3. The predicted octanol–water partition coefficient (Wildman–Crippen LogP) is 2.01. The predicted molar refractivity (Wildman–Crippen MR) is 73.0 cm³/mol. The normalized spacial score (nSPS) is 13.2. The Hall–Kier alpha value is -2.49. The quantitative estimate of drug-likeness (QED) is 0.666. The first-order valence-electron chi connectivity index (χ1n) is 5.73. The zero-order valence-electron chi connectivity index (χ0n) is 9.73. The molecule has 0 aliphatic carbocycles. The number of carbonyl (C=O) groups excluding carboxylic acids is 1. The van der Waals surface area contributed by atoms with Gasteiger partial charge in [0.1, 0.15) is 0 Å². The van der Waals surface area contributed by atoms with Gasteiger partial charge in [-0.1, -0.05) is 24.3 Å². The summed E-state index contributed by atoms with van der Waals surface area (Å²) >= 11 is 0. The van der Waals surface area contributed by atoms with Gasteiger partial charge >= 0.3 is 0 Å². The van der Waals surface area contributed by atoms with E-state index in [-0.39, 0.29) is 5.91 Å². The second kappa shape index (κ2) is 3.77. The number of nitrogen functional groups attached to an aromatic ring is 2. The maximum Gasteiger partial charge on any atom is 0.228 e. The van der Waals surface area contributed by atoms with E-state index in [4.69, 9.17) is 11.5 Å². The van der Waals surface area contributed by atoms with Gasteiger partial charge in [-0.2, -0.15) is 0 Å². The molecule has 2 aromatic rings. The minimum atomic E-state index is -0.0186. The van der Waals surface area contributed by atoms with E-state index in [0.717, 1.165) is 22.4 Å². The topological polar surface area (TPSA) is 81.1 Å². The fourth-order valence-electron chi connectivity index (χ4n) is 2.30. The van der Waals surface area contributed by atoms with E-state index in [1.54, 1.807) is 0 Å². The SMILES string of the molecule is Nc1ccccc1-c1ccc2c(c1N)CC(=O)N2. The average Bonchev–Trinajstić information content (AvgIpc) is 2.73. The van der Waals surface area contributed by atoms with Gasteiger partial charge in [0.25, 0.3) is 0 Å². The van der Waals surface area contributed by atoms with Crippen molar-refractivity contribution in [1.82, 2.24) is 0 Å². The van der Waals surface area contributed by atoms with Crippen LogP contribution >= 0.6 is 0 Å². The number of hydrogen-bond donors (Lipinski definition) is 3. The summed E-state index contributed by atoms with van der Waals surface area (Å²) in [6.07, 6.45) is 0.335. The summed E-state index contributed by atoms with van der Waals surface area (Å²) in [5, 5.41) is 2.78. The van der Waals surface area contributed by atoms with E-state index in [1.807, 2.05) is 36.4 Å². The Kier molecular flexibility index (Phi) is 2.23. The highest BCUT2D eigenvalue weighted by Crippen LogP contribution is 2.38. The molecule has 0 spiro atoms. The zero-order valence-corrected chi connectivity index (χ0v) is 9.73. The van der Waals surface area contributed by atoms with Crippen LogP contribution in [-0.4, -0.2) is 5.91 Å². The molecule has 0 radical (unpaired) electrons. The van der Waals surface area contributed by atoms with E-state index in [2.05, 4.69) is 5.32 Å². The van der Waals surface area contributed by atoms with Gasteiger partial charge in [-0.15, -0.1) is 0 Å². The molecule has 0 unspecified atom stereocenters. The van der Waals surface area contributed by atoms with Gasteiger partial charge in [0, 0.05) is 33.8 Å². The van der Waals surface area contributed by atoms with Gasteiger partial charge < -0.3 is 16.8 Å². The highest BCUT2D eigenvalue weighted by Gasteiger charge is 2.22. The third-order valence-electron chi connectivity index (χ3n) is 3.22. The summed E-state index contributed by atoms with van der Waals surface area (Å²) in [6, 6.07) is 11.3. The van der Waals surface area contributed by atoms with Crippen molar-refractivity contribution in [3.63, 3.8) is 0 Å². The van der Waals surface area contributed by atoms with E-state index in [1.165, 1.54) is 0 Å². The molecule has 2 aromatic carbocycles. The van der Waals surface area contributed by atoms with Crippen LogP contribution in [0.3, 0.4) is 0 Å². The van der Waals surface area contributed by atoms with Crippen LogP contribution in [0.5, 0.6) is 0 Å². The third-order valence-corrected chi connectivity index (χ3v) is 3.22. The van der Waals surface area contributed by atoms with Gasteiger partial charge in [-0.3, -0.25) is 4.79 Å². The number of para-hydroxylation sites is 1. The first-order valence-corrected chi connectivity index (χ1v) is 5.73. The Balaban J connectivity index is 2.19. The Morgan fingerprint density at radius 3 is 2.56 bits per heavy atom. The van der Waals surface area contributed by atoms with Gasteiger partial charge in [-0.05, 0) is 12.1 Å². The van der Waals surface area contributed by atoms with Crippen LogP contribution in [0.25, 0.3) is 11.1 Å². The summed E-state index contributed by atoms with van der Waals surface area (Å²) in [6.45, 7) is 0. The molecule has 0 atom stereocenters. The molecule has 1 aliphatic heterocycles. The number of fused-ring (bicyclic) bond motifs is 1. The molecule has 4 nitrogen and oxygen atoms in total. The van der Waals surface area contributed by atoms with E-state index < -0.39 is 0 Å². The summed E-state index contributed by atoms with van der Waals surface area (Å²) < 4.78 is 0. The van der Waals surface area contributed by atoms with Gasteiger partial charge in [0.05, 0.1) is 6.42 Å². The molecule has 0 bridgehead atoms. The lowest BCUT2D eigenvalue weighted by Gasteiger charge is -2.11. The Bertz CT molecular complexity index is 649. The van der Waals surface area contributed by atoms with Crippen LogP contribution in [0.4, 0.5) is 17.1 Å². The number of hydrogen-bond acceptors (Lipinski definition) is 3. The van der Waals surface area contributed by atoms with Crippen LogP contribution in [0.2, 0.25) is 0 Å². The lowest BCUT2D eigenvalue weighted by molar-refractivity contribution is -0.115. The van der Waals surface area contributed by atoms with Crippen molar-refractivity contribution >= 4 is 23.0 Å². The first-order chi connectivity index (χ1) is 8.66. The van der Waals surface area contributed by atoms with Gasteiger partial charge in [0.15, 0.2) is 0 Å². The van der Waals surface area contributed by atoms with Crippen LogP contribution in [-0.2, 0) is 11.2 Å². The number of rotatable bonds is 1. The zero-order chi connectivity index (χ0) is 12.7. The molecule has 18 heavy (non-hydrogen) atoms. The Labute approximate surface area is 105 Å². The monoisotopic (exact) mass is 239 g/mol. The molecule has 5 N–H and O–H groups in total. The average molecular weight is 239 g/mol. The highest BCUT2D eigenvalue weighted by molar-refractivity contribution is 6.03. The van der Waals surface area contributed by atoms with Gasteiger partial charge in [-0.25, -0.2) is 0 Å². The molecule has 4 heteroatoms. The van der Waals surface area contributed by atoms with Crippen molar-refractivity contribution in [3.05, 3.63) is 42.0 Å². The highest BCUT2D eigenvalue weighted by atomic mass is 16.1. The maximum absolute atomic E-state index is 11.4. The van der Waals surface area contributed by atoms with Crippen molar-refractivity contribution in [2.45, 2.75) is 6.42 Å². The largest absolute Gasteiger partial charge is 0.398 e. The number of carbonyl (C=O) groups is 1.